The highest BCUT2D eigenvalue weighted by Gasteiger charge is 2.26. The molecule has 1 aliphatic heterocycles. The van der Waals surface area contributed by atoms with Gasteiger partial charge in [-0.1, -0.05) is 6.07 Å². The molecule has 1 aliphatic rings. The van der Waals surface area contributed by atoms with Gasteiger partial charge in [0.05, 0.1) is 12.9 Å². The van der Waals surface area contributed by atoms with Crippen molar-refractivity contribution in [2.75, 3.05) is 55.8 Å². The molecular weight excluding hydrogens is 416 g/mol. The van der Waals surface area contributed by atoms with Crippen LogP contribution in [-0.4, -0.2) is 64.3 Å². The van der Waals surface area contributed by atoms with E-state index >= 15 is 0 Å². The average molecular weight is 447 g/mol. The summed E-state index contributed by atoms with van der Waals surface area (Å²) in [4.78, 5) is 14.2. The Balaban J connectivity index is 1.44. The summed E-state index contributed by atoms with van der Waals surface area (Å²) in [7, 11) is -1.81. The summed E-state index contributed by atoms with van der Waals surface area (Å²) in [6.07, 6.45) is 0. The highest BCUT2D eigenvalue weighted by molar-refractivity contribution is 7.89. The Kier molecular flexibility index (Phi) is 7.40. The minimum atomic E-state index is -3.44. The van der Waals surface area contributed by atoms with E-state index in [1.807, 2.05) is 56.3 Å². The van der Waals surface area contributed by atoms with Crippen LogP contribution in [0.2, 0.25) is 0 Å². The number of piperazine rings is 1. The number of nitrogens with one attached hydrogen (secondary N) is 2. The molecule has 2 aromatic rings. The number of methoxy groups -OCH3 is 1. The second-order valence-corrected chi connectivity index (χ2v) is 9.67. The van der Waals surface area contributed by atoms with Crippen molar-refractivity contribution < 1.29 is 17.9 Å². The van der Waals surface area contributed by atoms with Crippen LogP contribution >= 0.6 is 0 Å². The lowest BCUT2D eigenvalue weighted by Crippen LogP contribution is -2.50. The van der Waals surface area contributed by atoms with Gasteiger partial charge >= 0.3 is 6.03 Å². The van der Waals surface area contributed by atoms with Crippen molar-refractivity contribution in [3.05, 3.63) is 53.6 Å². The lowest BCUT2D eigenvalue weighted by Gasteiger charge is -2.35. The first-order chi connectivity index (χ1) is 14.8. The maximum atomic E-state index is 12.7. The first-order valence-electron chi connectivity index (χ1n) is 10.3. The molecule has 1 saturated heterocycles. The van der Waals surface area contributed by atoms with Crippen molar-refractivity contribution in [1.29, 1.82) is 0 Å². The SMILES string of the molecule is COc1ccc(N2CCN(S(=O)(=O)CCNC(=O)Nc3ccc(C)c(C)c3)CC2)cc1. The molecule has 1 fully saturated rings. The van der Waals surface area contributed by atoms with Crippen LogP contribution in [-0.2, 0) is 10.0 Å². The van der Waals surface area contributed by atoms with E-state index in [-0.39, 0.29) is 12.3 Å². The average Bonchev–Trinajstić information content (AvgIpc) is 2.76. The Bertz CT molecular complexity index is 1000. The highest BCUT2D eigenvalue weighted by atomic mass is 32.2. The summed E-state index contributed by atoms with van der Waals surface area (Å²) in [5.74, 6) is 0.662. The van der Waals surface area contributed by atoms with Gasteiger partial charge in [-0.15, -0.1) is 0 Å². The summed E-state index contributed by atoms with van der Waals surface area (Å²) >= 11 is 0. The fraction of sp³-hybridized carbons (Fsp3) is 0.409. The third kappa shape index (κ3) is 6.11. The number of amides is 2. The number of benzene rings is 2. The van der Waals surface area contributed by atoms with Crippen LogP contribution in [0.4, 0.5) is 16.2 Å². The fourth-order valence-corrected chi connectivity index (χ4v) is 4.77. The van der Waals surface area contributed by atoms with Crippen molar-refractivity contribution >= 4 is 27.4 Å². The molecule has 1 heterocycles. The maximum absolute atomic E-state index is 12.7. The Morgan fingerprint density at radius 2 is 1.68 bits per heavy atom. The molecule has 0 aliphatic carbocycles. The number of carbonyl (C=O) groups excluding carboxylic acids is 1. The van der Waals surface area contributed by atoms with E-state index < -0.39 is 16.1 Å². The third-order valence-corrected chi connectivity index (χ3v) is 7.35. The molecule has 8 nitrogen and oxygen atoms in total. The zero-order valence-electron chi connectivity index (χ0n) is 18.2. The molecule has 9 heteroatoms. The van der Waals surface area contributed by atoms with E-state index in [2.05, 4.69) is 15.5 Å². The quantitative estimate of drug-likeness (QED) is 0.682. The number of nitrogens with zero attached hydrogens (tertiary/aromatic N) is 2. The molecule has 2 aromatic carbocycles. The van der Waals surface area contributed by atoms with E-state index in [0.29, 0.717) is 31.9 Å². The number of rotatable bonds is 7. The van der Waals surface area contributed by atoms with Crippen LogP contribution in [0.5, 0.6) is 5.75 Å². The van der Waals surface area contributed by atoms with Crippen LogP contribution in [0, 0.1) is 13.8 Å². The van der Waals surface area contributed by atoms with Gasteiger partial charge in [0.2, 0.25) is 10.0 Å². The smallest absolute Gasteiger partial charge is 0.319 e. The van der Waals surface area contributed by atoms with Gasteiger partial charge in [-0.3, -0.25) is 0 Å². The van der Waals surface area contributed by atoms with Crippen molar-refractivity contribution in [2.24, 2.45) is 0 Å². The normalized spacial score (nSPS) is 14.9. The van der Waals surface area contributed by atoms with Crippen LogP contribution < -0.4 is 20.3 Å². The number of ether oxygens (including phenoxy) is 1. The number of aryl methyl sites for hydroxylation is 2. The molecule has 2 amide bonds. The van der Waals surface area contributed by atoms with Gasteiger partial charge < -0.3 is 20.3 Å². The monoisotopic (exact) mass is 446 g/mol. The van der Waals surface area contributed by atoms with Crippen molar-refractivity contribution in [2.45, 2.75) is 13.8 Å². The number of sulfonamides is 1. The third-order valence-electron chi connectivity index (χ3n) is 5.48. The van der Waals surface area contributed by atoms with E-state index in [0.717, 1.165) is 22.6 Å². The van der Waals surface area contributed by atoms with Gasteiger partial charge in [-0.05, 0) is 61.4 Å². The van der Waals surface area contributed by atoms with Crippen LogP contribution in [0.25, 0.3) is 0 Å². The van der Waals surface area contributed by atoms with Crippen LogP contribution in [0.3, 0.4) is 0 Å². The minimum Gasteiger partial charge on any atom is -0.497 e. The van der Waals surface area contributed by atoms with E-state index in [1.54, 1.807) is 7.11 Å². The molecule has 0 aromatic heterocycles. The van der Waals surface area contributed by atoms with E-state index in [9.17, 15) is 13.2 Å². The number of urea groups is 1. The lowest BCUT2D eigenvalue weighted by atomic mass is 10.1. The first kappa shape index (κ1) is 22.9. The molecule has 168 valence electrons. The molecule has 0 spiro atoms. The van der Waals surface area contributed by atoms with Gasteiger partial charge in [0.15, 0.2) is 0 Å². The van der Waals surface area contributed by atoms with Gasteiger partial charge in [0, 0.05) is 44.1 Å². The topological polar surface area (TPSA) is 91.0 Å². The van der Waals surface area contributed by atoms with Gasteiger partial charge in [0.25, 0.3) is 0 Å². The van der Waals surface area contributed by atoms with Gasteiger partial charge in [-0.2, -0.15) is 4.31 Å². The fourth-order valence-electron chi connectivity index (χ4n) is 3.43. The second kappa shape index (κ2) is 10.0. The zero-order valence-corrected chi connectivity index (χ0v) is 19.0. The standard InChI is InChI=1S/C22H30N4O4S/c1-17-4-5-19(16-18(17)2)24-22(27)23-10-15-31(28,29)26-13-11-25(12-14-26)20-6-8-21(30-3)9-7-20/h4-9,16H,10-15H2,1-3H3,(H2,23,24,27). The van der Waals surface area contributed by atoms with E-state index in [1.165, 1.54) is 4.31 Å². The van der Waals surface area contributed by atoms with Gasteiger partial charge in [0.1, 0.15) is 5.75 Å². The van der Waals surface area contributed by atoms with Crippen LogP contribution in [0.15, 0.2) is 42.5 Å². The minimum absolute atomic E-state index is 0.0533. The predicted molar refractivity (Wildman–Crippen MR) is 124 cm³/mol. The summed E-state index contributed by atoms with van der Waals surface area (Å²) in [6, 6.07) is 13.0. The highest BCUT2D eigenvalue weighted by Crippen LogP contribution is 2.21. The Morgan fingerprint density at radius 1 is 1.00 bits per heavy atom. The summed E-state index contributed by atoms with van der Waals surface area (Å²) in [5.41, 5.74) is 3.94. The maximum Gasteiger partial charge on any atom is 0.319 e. The summed E-state index contributed by atoms with van der Waals surface area (Å²) in [5, 5.41) is 5.36. The van der Waals surface area contributed by atoms with Crippen LogP contribution in [0.1, 0.15) is 11.1 Å². The molecule has 0 radical (unpaired) electrons. The second-order valence-electron chi connectivity index (χ2n) is 7.58. The molecule has 0 saturated carbocycles. The Morgan fingerprint density at radius 3 is 2.29 bits per heavy atom. The van der Waals surface area contributed by atoms with Gasteiger partial charge in [-0.25, -0.2) is 13.2 Å². The summed E-state index contributed by atoms with van der Waals surface area (Å²) in [6.45, 7) is 6.10. The number of carbonyl (C=O) groups is 1. The Hall–Kier alpha value is -2.78. The number of hydrogen-bond acceptors (Lipinski definition) is 5. The largest absolute Gasteiger partial charge is 0.497 e. The number of anilines is 2. The van der Waals surface area contributed by atoms with Crippen molar-refractivity contribution in [1.82, 2.24) is 9.62 Å². The molecule has 0 bridgehead atoms. The first-order valence-corrected chi connectivity index (χ1v) is 11.9. The zero-order chi connectivity index (χ0) is 22.4. The Labute approximate surface area is 184 Å². The van der Waals surface area contributed by atoms with Crippen molar-refractivity contribution in [3.63, 3.8) is 0 Å². The van der Waals surface area contributed by atoms with Crippen molar-refractivity contribution in [3.8, 4) is 5.75 Å². The lowest BCUT2D eigenvalue weighted by molar-refractivity contribution is 0.252. The molecule has 3 rings (SSSR count). The van der Waals surface area contributed by atoms with E-state index in [4.69, 9.17) is 4.74 Å². The number of hydrogen-bond donors (Lipinski definition) is 2. The molecule has 0 unspecified atom stereocenters. The predicted octanol–water partition coefficient (Wildman–Crippen LogP) is 2.59. The molecular formula is C22H30N4O4S. The molecule has 0 atom stereocenters. The molecule has 31 heavy (non-hydrogen) atoms. The summed E-state index contributed by atoms with van der Waals surface area (Å²) < 4.78 is 32.0. The molecule has 2 N–H and O–H groups in total.